The number of hydrogen-bond donors (Lipinski definition) is 0. The van der Waals surface area contributed by atoms with E-state index in [-0.39, 0.29) is 6.42 Å². The lowest BCUT2D eigenvalue weighted by Gasteiger charge is -2.06. The number of carbonyl (C=O) groups excluding carboxylic acids is 1. The zero-order valence-corrected chi connectivity index (χ0v) is 14.7. The van der Waals surface area contributed by atoms with E-state index in [0.717, 1.165) is 27.2 Å². The highest BCUT2D eigenvalue weighted by Crippen LogP contribution is 2.43. The van der Waals surface area contributed by atoms with Crippen LogP contribution in [0.4, 0.5) is 4.39 Å². The molecule has 5 heteroatoms. The average Bonchev–Trinajstić information content (AvgIpc) is 2.80. The highest BCUT2D eigenvalue weighted by atomic mass is 32.2. The van der Waals surface area contributed by atoms with Crippen molar-refractivity contribution in [1.29, 1.82) is 0 Å². The second kappa shape index (κ2) is 6.76. The van der Waals surface area contributed by atoms with Crippen molar-refractivity contribution in [1.82, 2.24) is 0 Å². The molecule has 25 heavy (non-hydrogen) atoms. The number of carboxylic acid groups (broad SMARTS) is 1. The van der Waals surface area contributed by atoms with Gasteiger partial charge in [0.2, 0.25) is 0 Å². The Morgan fingerprint density at radius 2 is 1.84 bits per heavy atom. The van der Waals surface area contributed by atoms with Crippen LogP contribution in [-0.2, 0) is 15.6 Å². The average molecular weight is 355 g/mol. The fraction of sp³-hybridized carbons (Fsp3) is 0.150. The van der Waals surface area contributed by atoms with Gasteiger partial charge in [0.05, 0.1) is 0 Å². The molecule has 0 fully saturated rings. The molecule has 0 heterocycles. The fourth-order valence-corrected chi connectivity index (χ4v) is 3.57. The molecular weight excluding hydrogens is 339 g/mol. The van der Waals surface area contributed by atoms with Gasteiger partial charge in [-0.15, -0.1) is 0 Å². The first-order valence-electron chi connectivity index (χ1n) is 7.72. The van der Waals surface area contributed by atoms with E-state index in [0.29, 0.717) is 11.1 Å². The number of rotatable bonds is 4. The van der Waals surface area contributed by atoms with Crippen molar-refractivity contribution in [2.24, 2.45) is 0 Å². The molecular formula is C20H16FO3S-. The van der Waals surface area contributed by atoms with Crippen molar-refractivity contribution in [3.05, 3.63) is 70.5 Å². The van der Waals surface area contributed by atoms with Crippen LogP contribution in [0.15, 0.2) is 52.9 Å². The van der Waals surface area contributed by atoms with Gasteiger partial charge in [0.15, 0.2) is 0 Å². The van der Waals surface area contributed by atoms with E-state index in [4.69, 9.17) is 0 Å². The van der Waals surface area contributed by atoms with E-state index < -0.39 is 22.6 Å². The van der Waals surface area contributed by atoms with Gasteiger partial charge in [0, 0.05) is 34.3 Å². The second-order valence-electron chi connectivity index (χ2n) is 5.92. The second-order valence-corrected chi connectivity index (χ2v) is 7.30. The minimum absolute atomic E-state index is 0.257. The molecule has 0 aromatic heterocycles. The summed E-state index contributed by atoms with van der Waals surface area (Å²) in [6.45, 7) is 1.83. The van der Waals surface area contributed by atoms with Gasteiger partial charge in [-0.3, -0.25) is 4.21 Å². The molecule has 0 N–H and O–H groups in total. The molecule has 0 bridgehead atoms. The van der Waals surface area contributed by atoms with E-state index >= 15 is 0 Å². The molecule has 0 aliphatic heterocycles. The molecule has 0 radical (unpaired) electrons. The standard InChI is InChI=1S/C20H17FO3S/c1-12-17(9-13-3-6-15(7-4-13)25(2)24)16-8-5-14(21)10-19(16)18(12)11-20(22)23/h3-10H,11H2,1-2H3,(H,22,23)/p-1/b17-9+/t25-/m0/s1. The summed E-state index contributed by atoms with van der Waals surface area (Å²) in [7, 11) is -1.04. The lowest BCUT2D eigenvalue weighted by atomic mass is 10.0. The summed E-state index contributed by atoms with van der Waals surface area (Å²) in [5, 5.41) is 11.1. The Morgan fingerprint density at radius 1 is 1.16 bits per heavy atom. The summed E-state index contributed by atoms with van der Waals surface area (Å²) in [5.74, 6) is -1.60. The lowest BCUT2D eigenvalue weighted by molar-refractivity contribution is -0.304. The molecule has 0 amide bonds. The van der Waals surface area contributed by atoms with Crippen molar-refractivity contribution in [3.8, 4) is 0 Å². The van der Waals surface area contributed by atoms with Crippen molar-refractivity contribution in [3.63, 3.8) is 0 Å². The van der Waals surface area contributed by atoms with E-state index in [9.17, 15) is 18.5 Å². The molecule has 2 aromatic rings. The highest BCUT2D eigenvalue weighted by Gasteiger charge is 2.24. The number of halogens is 1. The first kappa shape index (κ1) is 17.3. The van der Waals surface area contributed by atoms with Crippen molar-refractivity contribution in [2.75, 3.05) is 6.26 Å². The molecule has 1 aliphatic rings. The SMILES string of the molecule is CC1=C(CC(=O)[O-])c2cc(F)ccc2/C1=C/c1ccc([S@](C)=O)cc1. The Hall–Kier alpha value is -2.53. The third-order valence-electron chi connectivity index (χ3n) is 4.30. The molecule has 1 atom stereocenters. The number of benzene rings is 2. The summed E-state index contributed by atoms with van der Waals surface area (Å²) >= 11 is 0. The molecule has 0 saturated heterocycles. The Balaban J connectivity index is 2.10. The zero-order chi connectivity index (χ0) is 18.1. The van der Waals surface area contributed by atoms with Gasteiger partial charge in [-0.1, -0.05) is 18.2 Å². The minimum Gasteiger partial charge on any atom is -0.550 e. The van der Waals surface area contributed by atoms with Crippen molar-refractivity contribution < 1.29 is 18.5 Å². The van der Waals surface area contributed by atoms with Crippen LogP contribution in [0.3, 0.4) is 0 Å². The van der Waals surface area contributed by atoms with Crippen LogP contribution >= 0.6 is 0 Å². The van der Waals surface area contributed by atoms with E-state index in [1.54, 1.807) is 24.5 Å². The number of fused-ring (bicyclic) bond motifs is 1. The summed E-state index contributed by atoms with van der Waals surface area (Å²) < 4.78 is 25.1. The largest absolute Gasteiger partial charge is 0.550 e. The van der Waals surface area contributed by atoms with Crippen LogP contribution < -0.4 is 5.11 Å². The van der Waals surface area contributed by atoms with Crippen LogP contribution in [0, 0.1) is 5.82 Å². The summed E-state index contributed by atoms with van der Waals surface area (Å²) in [4.78, 5) is 11.8. The Bertz CT molecular complexity index is 940. The number of carboxylic acids is 1. The van der Waals surface area contributed by atoms with E-state index in [1.807, 2.05) is 25.1 Å². The normalized spacial score (nSPS) is 16.2. The summed E-state index contributed by atoms with van der Waals surface area (Å²) in [5.41, 5.74) is 4.53. The quantitative estimate of drug-likeness (QED) is 0.847. The monoisotopic (exact) mass is 355 g/mol. The fourth-order valence-electron chi connectivity index (χ4n) is 3.05. The predicted molar refractivity (Wildman–Crippen MR) is 95.3 cm³/mol. The van der Waals surface area contributed by atoms with Gasteiger partial charge < -0.3 is 9.90 Å². The smallest absolute Gasteiger partial charge is 0.123 e. The number of carbonyl (C=O) groups is 1. The number of aliphatic carboxylic acids is 1. The Labute approximate surface area is 148 Å². The minimum atomic E-state index is -1.19. The van der Waals surface area contributed by atoms with Crippen LogP contribution in [0.1, 0.15) is 30.0 Å². The van der Waals surface area contributed by atoms with E-state index in [1.165, 1.54) is 12.1 Å². The van der Waals surface area contributed by atoms with Gasteiger partial charge in [-0.2, -0.15) is 0 Å². The first-order chi connectivity index (χ1) is 11.9. The maximum atomic E-state index is 13.6. The predicted octanol–water partition coefficient (Wildman–Crippen LogP) is 3.03. The molecule has 0 unspecified atom stereocenters. The Kier molecular flexibility index (Phi) is 4.68. The molecule has 128 valence electrons. The van der Waals surface area contributed by atoms with Gasteiger partial charge in [-0.05, 0) is 70.7 Å². The molecule has 1 aliphatic carbocycles. The molecule has 0 saturated carbocycles. The summed E-state index contributed by atoms with van der Waals surface area (Å²) in [6.07, 6.45) is 3.29. The van der Waals surface area contributed by atoms with Gasteiger partial charge >= 0.3 is 0 Å². The third-order valence-corrected chi connectivity index (χ3v) is 5.23. The van der Waals surface area contributed by atoms with Crippen LogP contribution in [-0.4, -0.2) is 16.4 Å². The van der Waals surface area contributed by atoms with Crippen molar-refractivity contribution in [2.45, 2.75) is 18.2 Å². The maximum absolute atomic E-state index is 13.6. The van der Waals surface area contributed by atoms with Crippen LogP contribution in [0.25, 0.3) is 17.2 Å². The third kappa shape index (κ3) is 3.46. The van der Waals surface area contributed by atoms with E-state index in [2.05, 4.69) is 0 Å². The Morgan fingerprint density at radius 3 is 2.44 bits per heavy atom. The molecule has 0 spiro atoms. The van der Waals surface area contributed by atoms with Crippen LogP contribution in [0.5, 0.6) is 0 Å². The number of hydrogen-bond acceptors (Lipinski definition) is 3. The molecule has 3 rings (SSSR count). The number of allylic oxidation sites excluding steroid dienone is 2. The maximum Gasteiger partial charge on any atom is 0.123 e. The summed E-state index contributed by atoms with van der Waals surface area (Å²) in [6, 6.07) is 11.7. The lowest BCUT2D eigenvalue weighted by Crippen LogP contribution is -2.22. The van der Waals surface area contributed by atoms with Gasteiger partial charge in [0.1, 0.15) is 5.82 Å². The van der Waals surface area contributed by atoms with Gasteiger partial charge in [0.25, 0.3) is 0 Å². The molecule has 2 aromatic carbocycles. The van der Waals surface area contributed by atoms with Crippen LogP contribution in [0.2, 0.25) is 0 Å². The van der Waals surface area contributed by atoms with Crippen molar-refractivity contribution >= 4 is 34.0 Å². The van der Waals surface area contributed by atoms with Gasteiger partial charge in [-0.25, -0.2) is 4.39 Å². The zero-order valence-electron chi connectivity index (χ0n) is 13.8. The topological polar surface area (TPSA) is 57.2 Å². The highest BCUT2D eigenvalue weighted by molar-refractivity contribution is 7.84. The molecule has 3 nitrogen and oxygen atoms in total. The first-order valence-corrected chi connectivity index (χ1v) is 9.28.